The largest absolute Gasteiger partial charge is 0.468 e. The lowest BCUT2D eigenvalue weighted by atomic mass is 10.2. The van der Waals surface area contributed by atoms with Crippen molar-refractivity contribution in [3.05, 3.63) is 0 Å². The zero-order valence-corrected chi connectivity index (χ0v) is 12.3. The molecule has 0 atom stereocenters. The Morgan fingerprint density at radius 2 is 1.94 bits per heavy atom. The van der Waals surface area contributed by atoms with Crippen LogP contribution in [-0.4, -0.2) is 47.5 Å². The van der Waals surface area contributed by atoms with Crippen LogP contribution in [0.5, 0.6) is 0 Å². The van der Waals surface area contributed by atoms with Crippen molar-refractivity contribution >= 4 is 23.6 Å². The molecule has 18 heavy (non-hydrogen) atoms. The Kier molecular flexibility index (Phi) is 6.54. The van der Waals surface area contributed by atoms with E-state index in [2.05, 4.69) is 18.6 Å². The summed E-state index contributed by atoms with van der Waals surface area (Å²) < 4.78 is 4.68. The molecule has 104 valence electrons. The second kappa shape index (κ2) is 7.67. The zero-order valence-electron chi connectivity index (χ0n) is 11.5. The van der Waals surface area contributed by atoms with E-state index in [1.165, 1.54) is 7.11 Å². The molecule has 0 unspecified atom stereocenters. The van der Waals surface area contributed by atoms with Gasteiger partial charge in [0, 0.05) is 6.04 Å². The number of methoxy groups -OCH3 is 1. The number of carbonyl (C=O) groups is 2. The summed E-state index contributed by atoms with van der Waals surface area (Å²) in [5.41, 5.74) is 0. The fourth-order valence-corrected chi connectivity index (χ4v) is 2.80. The van der Waals surface area contributed by atoms with Crippen molar-refractivity contribution in [3.8, 4) is 0 Å². The van der Waals surface area contributed by atoms with Crippen LogP contribution in [0.1, 0.15) is 39.5 Å². The fourth-order valence-electron chi connectivity index (χ4n) is 2.16. The molecule has 0 aromatic rings. The van der Waals surface area contributed by atoms with Crippen LogP contribution < -0.4 is 0 Å². The van der Waals surface area contributed by atoms with Crippen LogP contribution in [0.15, 0.2) is 0 Å². The van der Waals surface area contributed by atoms with Gasteiger partial charge < -0.3 is 9.64 Å². The third-order valence-electron chi connectivity index (χ3n) is 3.15. The van der Waals surface area contributed by atoms with E-state index in [0.717, 1.165) is 25.7 Å². The third-order valence-corrected chi connectivity index (χ3v) is 4.23. The summed E-state index contributed by atoms with van der Waals surface area (Å²) in [6, 6.07) is 0.226. The van der Waals surface area contributed by atoms with Crippen LogP contribution in [0.3, 0.4) is 0 Å². The monoisotopic (exact) mass is 273 g/mol. The Bertz CT molecular complexity index is 288. The molecule has 4 nitrogen and oxygen atoms in total. The molecule has 1 rings (SSSR count). The molecular formula is C13H23NO3S. The number of thioether (sulfide) groups is 1. The van der Waals surface area contributed by atoms with E-state index in [1.54, 1.807) is 16.7 Å². The molecule has 0 spiro atoms. The topological polar surface area (TPSA) is 46.6 Å². The van der Waals surface area contributed by atoms with Gasteiger partial charge >= 0.3 is 5.97 Å². The quantitative estimate of drug-likeness (QED) is 0.695. The summed E-state index contributed by atoms with van der Waals surface area (Å²) in [6.07, 6.45) is 4.31. The summed E-state index contributed by atoms with van der Waals surface area (Å²) in [6.45, 7) is 4.23. The number of carbonyl (C=O) groups excluding carboxylic acids is 2. The van der Waals surface area contributed by atoms with E-state index in [9.17, 15) is 9.59 Å². The van der Waals surface area contributed by atoms with Gasteiger partial charge in [-0.05, 0) is 18.1 Å². The first-order chi connectivity index (χ1) is 8.54. The summed E-state index contributed by atoms with van der Waals surface area (Å²) in [7, 11) is 1.36. The van der Waals surface area contributed by atoms with Crippen LogP contribution in [0.25, 0.3) is 0 Å². The number of hydrogen-bond donors (Lipinski definition) is 0. The van der Waals surface area contributed by atoms with Crippen molar-refractivity contribution in [2.75, 3.05) is 19.4 Å². The van der Waals surface area contributed by atoms with Crippen molar-refractivity contribution in [3.63, 3.8) is 0 Å². The molecule has 0 bridgehead atoms. The summed E-state index contributed by atoms with van der Waals surface area (Å²) >= 11 is 1.62. The van der Waals surface area contributed by atoms with E-state index in [1.807, 2.05) is 0 Å². The first-order valence-corrected chi connectivity index (χ1v) is 7.57. The average molecular weight is 273 g/mol. The fraction of sp³-hybridized carbons (Fsp3) is 0.846. The molecule has 0 aromatic carbocycles. The smallest absolute Gasteiger partial charge is 0.325 e. The molecule has 0 saturated heterocycles. The van der Waals surface area contributed by atoms with Crippen LogP contribution in [-0.2, 0) is 14.3 Å². The molecule has 1 aliphatic rings. The van der Waals surface area contributed by atoms with E-state index in [0.29, 0.717) is 11.0 Å². The van der Waals surface area contributed by atoms with Gasteiger partial charge in [0.15, 0.2) is 0 Å². The van der Waals surface area contributed by atoms with E-state index < -0.39 is 0 Å². The number of esters is 1. The summed E-state index contributed by atoms with van der Waals surface area (Å²) in [4.78, 5) is 25.3. The van der Waals surface area contributed by atoms with Gasteiger partial charge in [-0.3, -0.25) is 9.59 Å². The lowest BCUT2D eigenvalue weighted by molar-refractivity contribution is -0.147. The highest BCUT2D eigenvalue weighted by atomic mass is 32.2. The first-order valence-electron chi connectivity index (χ1n) is 6.52. The molecule has 0 radical (unpaired) electrons. The molecular weight excluding hydrogens is 250 g/mol. The van der Waals surface area contributed by atoms with Gasteiger partial charge in [0.25, 0.3) is 0 Å². The maximum atomic E-state index is 12.2. The van der Waals surface area contributed by atoms with Crippen molar-refractivity contribution in [1.29, 1.82) is 0 Å². The Hall–Kier alpha value is -0.710. The predicted octanol–water partition coefficient (Wildman–Crippen LogP) is 2.07. The van der Waals surface area contributed by atoms with Gasteiger partial charge in [0.1, 0.15) is 6.54 Å². The maximum absolute atomic E-state index is 12.2. The third kappa shape index (κ3) is 4.88. The second-order valence-electron chi connectivity index (χ2n) is 4.90. The van der Waals surface area contributed by atoms with Crippen molar-refractivity contribution in [2.24, 2.45) is 0 Å². The van der Waals surface area contributed by atoms with Crippen LogP contribution in [0.4, 0.5) is 0 Å². The molecule has 0 heterocycles. The Morgan fingerprint density at radius 1 is 1.33 bits per heavy atom. The second-order valence-corrected chi connectivity index (χ2v) is 6.46. The average Bonchev–Trinajstić information content (AvgIpc) is 2.86. The molecule has 1 amide bonds. The van der Waals surface area contributed by atoms with Gasteiger partial charge in [0.2, 0.25) is 5.91 Å². The normalized spacial score (nSPS) is 16.0. The zero-order chi connectivity index (χ0) is 13.5. The van der Waals surface area contributed by atoms with E-state index in [4.69, 9.17) is 0 Å². The number of nitrogens with zero attached hydrogens (tertiary/aromatic N) is 1. The summed E-state index contributed by atoms with van der Waals surface area (Å²) in [5, 5.41) is 0.428. The van der Waals surface area contributed by atoms with Crippen LogP contribution in [0, 0.1) is 0 Å². The Balaban J connectivity index is 2.57. The number of hydrogen-bond acceptors (Lipinski definition) is 4. The predicted molar refractivity (Wildman–Crippen MR) is 73.6 cm³/mol. The highest BCUT2D eigenvalue weighted by Crippen LogP contribution is 2.24. The van der Waals surface area contributed by atoms with Crippen molar-refractivity contribution in [2.45, 2.75) is 50.8 Å². The lowest BCUT2D eigenvalue weighted by Crippen LogP contribution is -2.43. The van der Waals surface area contributed by atoms with E-state index >= 15 is 0 Å². The maximum Gasteiger partial charge on any atom is 0.325 e. The minimum Gasteiger partial charge on any atom is -0.468 e. The van der Waals surface area contributed by atoms with Gasteiger partial charge in [-0.2, -0.15) is 0 Å². The minimum absolute atomic E-state index is 0.0611. The molecule has 1 aliphatic carbocycles. The lowest BCUT2D eigenvalue weighted by Gasteiger charge is -2.28. The molecule has 1 saturated carbocycles. The number of ether oxygens (including phenoxy) is 1. The molecule has 0 N–H and O–H groups in total. The highest BCUT2D eigenvalue weighted by Gasteiger charge is 2.28. The molecule has 0 aliphatic heterocycles. The van der Waals surface area contributed by atoms with Crippen molar-refractivity contribution < 1.29 is 14.3 Å². The first kappa shape index (κ1) is 15.3. The van der Waals surface area contributed by atoms with Crippen LogP contribution >= 0.6 is 11.8 Å². The number of rotatable bonds is 6. The Labute approximate surface area is 113 Å². The van der Waals surface area contributed by atoms with Gasteiger partial charge in [-0.15, -0.1) is 11.8 Å². The summed E-state index contributed by atoms with van der Waals surface area (Å²) in [5.74, 6) is 0.182. The van der Waals surface area contributed by atoms with E-state index in [-0.39, 0.29) is 24.5 Å². The molecule has 5 heteroatoms. The van der Waals surface area contributed by atoms with Gasteiger partial charge in [0.05, 0.1) is 12.9 Å². The minimum atomic E-state index is -0.329. The van der Waals surface area contributed by atoms with Crippen LogP contribution in [0.2, 0.25) is 0 Å². The molecule has 0 aromatic heterocycles. The standard InChI is InChI=1S/C13H23NO3S/c1-10(2)18-9-12(15)14(8-13(16)17-3)11-6-4-5-7-11/h10-11H,4-9H2,1-3H3. The highest BCUT2D eigenvalue weighted by molar-refractivity contribution is 8.00. The Morgan fingerprint density at radius 3 is 2.44 bits per heavy atom. The van der Waals surface area contributed by atoms with Crippen molar-refractivity contribution in [1.82, 2.24) is 4.90 Å². The molecule has 1 fully saturated rings. The number of amides is 1. The van der Waals surface area contributed by atoms with Gasteiger partial charge in [-0.25, -0.2) is 0 Å². The SMILES string of the molecule is COC(=O)CN(C(=O)CSC(C)C)C1CCCC1. The van der Waals surface area contributed by atoms with Gasteiger partial charge in [-0.1, -0.05) is 26.7 Å².